The van der Waals surface area contributed by atoms with Gasteiger partial charge in [-0.2, -0.15) is 0 Å². The number of fused-ring (bicyclic) bond motifs is 5. The van der Waals surface area contributed by atoms with Crippen molar-refractivity contribution in [3.8, 4) is 44.5 Å². The molecule has 0 heterocycles. The molecule has 0 N–H and O–H groups in total. The molecule has 0 aliphatic heterocycles. The molecule has 1 aliphatic rings. The lowest BCUT2D eigenvalue weighted by atomic mass is 9.79. The van der Waals surface area contributed by atoms with Gasteiger partial charge in [-0.1, -0.05) is 172 Å². The van der Waals surface area contributed by atoms with Gasteiger partial charge in [0, 0.05) is 22.2 Å². The normalized spacial score (nSPS) is 12.8. The molecule has 1 aliphatic carbocycles. The van der Waals surface area contributed by atoms with Crippen LogP contribution >= 0.6 is 0 Å². The van der Waals surface area contributed by atoms with Gasteiger partial charge in [0.25, 0.3) is 0 Å². The summed E-state index contributed by atoms with van der Waals surface area (Å²) in [4.78, 5) is 2.46. The minimum atomic E-state index is -0.185. The Bertz CT molecular complexity index is 2380. The first-order valence-electron chi connectivity index (χ1n) is 17.4. The summed E-state index contributed by atoms with van der Waals surface area (Å²) in [6, 6.07) is 68.5. The van der Waals surface area contributed by atoms with Gasteiger partial charge in [-0.05, 0) is 91.4 Å². The van der Waals surface area contributed by atoms with Gasteiger partial charge in [0.15, 0.2) is 0 Å². The summed E-state index contributed by atoms with van der Waals surface area (Å²) in [5.41, 5.74) is 16.0. The maximum absolute atomic E-state index is 2.46. The first kappa shape index (κ1) is 29.9. The van der Waals surface area contributed by atoms with Gasteiger partial charge in [-0.25, -0.2) is 0 Å². The number of hydrogen-bond acceptors (Lipinski definition) is 1. The molecule has 1 heteroatoms. The van der Waals surface area contributed by atoms with E-state index in [9.17, 15) is 0 Å². The molecule has 8 aromatic carbocycles. The Morgan fingerprint density at radius 1 is 0.360 bits per heavy atom. The molecule has 238 valence electrons. The van der Waals surface area contributed by atoms with Gasteiger partial charge < -0.3 is 4.90 Å². The lowest BCUT2D eigenvalue weighted by molar-refractivity contribution is 0.666. The van der Waals surface area contributed by atoms with Crippen LogP contribution in [0.1, 0.15) is 25.0 Å². The molecular formula is C49H37N. The molecule has 0 saturated heterocycles. The topological polar surface area (TPSA) is 3.24 Å². The van der Waals surface area contributed by atoms with Gasteiger partial charge in [0.2, 0.25) is 0 Å². The van der Waals surface area contributed by atoms with Crippen molar-refractivity contribution in [2.24, 2.45) is 0 Å². The number of rotatable bonds is 6. The van der Waals surface area contributed by atoms with Crippen LogP contribution in [-0.4, -0.2) is 0 Å². The van der Waals surface area contributed by atoms with Gasteiger partial charge in [0.1, 0.15) is 0 Å². The molecule has 9 rings (SSSR count). The van der Waals surface area contributed by atoms with Crippen molar-refractivity contribution < 1.29 is 0 Å². The van der Waals surface area contributed by atoms with E-state index in [0.29, 0.717) is 0 Å². The van der Waals surface area contributed by atoms with Crippen molar-refractivity contribution in [3.05, 3.63) is 199 Å². The zero-order chi connectivity index (χ0) is 33.7. The molecule has 0 amide bonds. The summed E-state index contributed by atoms with van der Waals surface area (Å²) < 4.78 is 0. The Kier molecular flexibility index (Phi) is 7.21. The molecule has 0 atom stereocenters. The fourth-order valence-electron chi connectivity index (χ4n) is 8.05. The van der Waals surface area contributed by atoms with E-state index in [1.807, 2.05) is 0 Å². The fraction of sp³-hybridized carbons (Fsp3) is 0.0612. The average Bonchev–Trinajstić information content (AvgIpc) is 3.42. The van der Waals surface area contributed by atoms with Crippen molar-refractivity contribution >= 4 is 27.8 Å². The first-order chi connectivity index (χ1) is 24.6. The molecule has 50 heavy (non-hydrogen) atoms. The number of nitrogens with zero attached hydrogens (tertiary/aromatic N) is 1. The second kappa shape index (κ2) is 12.1. The molecule has 0 aromatic heterocycles. The van der Waals surface area contributed by atoms with Crippen LogP contribution in [0.25, 0.3) is 55.3 Å². The van der Waals surface area contributed by atoms with Crippen molar-refractivity contribution in [1.29, 1.82) is 0 Å². The molecule has 0 unspecified atom stereocenters. The second-order valence-electron chi connectivity index (χ2n) is 13.7. The standard InChI is InChI=1S/C49H37N/c1-49(2)45-21-13-12-20-42(45)44-31-30-43-41(38-18-10-5-11-19-38)32-33-46(47(43)48(44)49)50(39-26-22-36(23-27-39)34-14-6-3-7-15-34)40-28-24-37(25-29-40)35-16-8-4-9-17-35/h3-33H,1-2H3. The van der Waals surface area contributed by atoms with Gasteiger partial charge in [-0.3, -0.25) is 0 Å². The Balaban J connectivity index is 1.31. The Morgan fingerprint density at radius 2 is 0.820 bits per heavy atom. The number of hydrogen-bond donors (Lipinski definition) is 0. The second-order valence-corrected chi connectivity index (χ2v) is 13.7. The predicted octanol–water partition coefficient (Wildman–Crippen LogP) is 13.6. The van der Waals surface area contributed by atoms with Crippen molar-refractivity contribution in [3.63, 3.8) is 0 Å². The average molecular weight is 640 g/mol. The minimum absolute atomic E-state index is 0.185. The fourth-order valence-corrected chi connectivity index (χ4v) is 8.05. The van der Waals surface area contributed by atoms with Crippen molar-refractivity contribution in [2.45, 2.75) is 19.3 Å². The Morgan fingerprint density at radius 3 is 1.38 bits per heavy atom. The van der Waals surface area contributed by atoms with E-state index < -0.39 is 0 Å². The Labute approximate surface area is 294 Å². The first-order valence-corrected chi connectivity index (χ1v) is 17.4. The van der Waals surface area contributed by atoms with Crippen LogP contribution in [0.4, 0.5) is 17.1 Å². The highest BCUT2D eigenvalue weighted by atomic mass is 15.1. The highest BCUT2D eigenvalue weighted by Gasteiger charge is 2.38. The number of benzene rings is 8. The van der Waals surface area contributed by atoms with E-state index >= 15 is 0 Å². The molecule has 0 bridgehead atoms. The summed E-state index contributed by atoms with van der Waals surface area (Å²) in [6.07, 6.45) is 0. The zero-order valence-electron chi connectivity index (χ0n) is 28.3. The van der Waals surface area contributed by atoms with Gasteiger partial charge >= 0.3 is 0 Å². The van der Waals surface area contributed by atoms with Crippen LogP contribution in [0, 0.1) is 0 Å². The van der Waals surface area contributed by atoms with Crippen LogP contribution in [0.15, 0.2) is 188 Å². The quantitative estimate of drug-likeness (QED) is 0.175. The smallest absolute Gasteiger partial charge is 0.0543 e. The SMILES string of the molecule is CC1(C)c2ccccc2-c2ccc3c(-c4ccccc4)ccc(N(c4ccc(-c5ccccc5)cc4)c4ccc(-c5ccccc5)cc4)c3c21. The third-order valence-electron chi connectivity index (χ3n) is 10.5. The van der Waals surface area contributed by atoms with Crippen LogP contribution in [0.3, 0.4) is 0 Å². The Hall–Kier alpha value is -6.18. The third kappa shape index (κ3) is 4.94. The maximum atomic E-state index is 2.46. The largest absolute Gasteiger partial charge is 0.310 e. The third-order valence-corrected chi connectivity index (χ3v) is 10.5. The molecule has 0 spiro atoms. The van der Waals surface area contributed by atoms with Crippen LogP contribution < -0.4 is 4.90 Å². The molecular weight excluding hydrogens is 603 g/mol. The van der Waals surface area contributed by atoms with E-state index in [4.69, 9.17) is 0 Å². The van der Waals surface area contributed by atoms with Gasteiger partial charge in [0.05, 0.1) is 5.69 Å². The molecule has 1 nitrogen and oxygen atoms in total. The van der Waals surface area contributed by atoms with E-state index in [2.05, 4.69) is 207 Å². The summed E-state index contributed by atoms with van der Waals surface area (Å²) in [7, 11) is 0. The van der Waals surface area contributed by atoms with E-state index in [1.54, 1.807) is 0 Å². The van der Waals surface area contributed by atoms with Crippen molar-refractivity contribution in [1.82, 2.24) is 0 Å². The van der Waals surface area contributed by atoms with Crippen LogP contribution in [-0.2, 0) is 5.41 Å². The van der Waals surface area contributed by atoms with E-state index in [1.165, 1.54) is 72.1 Å². The van der Waals surface area contributed by atoms with Crippen molar-refractivity contribution in [2.75, 3.05) is 4.90 Å². The zero-order valence-corrected chi connectivity index (χ0v) is 28.3. The van der Waals surface area contributed by atoms with Crippen LogP contribution in [0.5, 0.6) is 0 Å². The summed E-state index contributed by atoms with van der Waals surface area (Å²) in [5, 5.41) is 2.56. The monoisotopic (exact) mass is 639 g/mol. The maximum Gasteiger partial charge on any atom is 0.0543 e. The predicted molar refractivity (Wildman–Crippen MR) is 213 cm³/mol. The number of anilines is 3. The van der Waals surface area contributed by atoms with Crippen LogP contribution in [0.2, 0.25) is 0 Å². The van der Waals surface area contributed by atoms with E-state index in [-0.39, 0.29) is 5.41 Å². The summed E-state index contributed by atoms with van der Waals surface area (Å²) >= 11 is 0. The minimum Gasteiger partial charge on any atom is -0.310 e. The van der Waals surface area contributed by atoms with E-state index in [0.717, 1.165) is 11.4 Å². The highest BCUT2D eigenvalue weighted by Crippen LogP contribution is 2.55. The molecule has 0 fully saturated rings. The molecule has 8 aromatic rings. The summed E-state index contributed by atoms with van der Waals surface area (Å²) in [5.74, 6) is 0. The molecule has 0 saturated carbocycles. The molecule has 0 radical (unpaired) electrons. The summed E-state index contributed by atoms with van der Waals surface area (Å²) in [6.45, 7) is 4.79. The van der Waals surface area contributed by atoms with Gasteiger partial charge in [-0.15, -0.1) is 0 Å². The highest BCUT2D eigenvalue weighted by molar-refractivity contribution is 6.12. The lowest BCUT2D eigenvalue weighted by Gasteiger charge is -2.31. The lowest BCUT2D eigenvalue weighted by Crippen LogP contribution is -2.17.